The van der Waals surface area contributed by atoms with Crippen molar-refractivity contribution in [3.63, 3.8) is 0 Å². The Balaban J connectivity index is 2.33. The molecule has 1 aliphatic rings. The second-order valence-electron chi connectivity index (χ2n) is 5.60. The Morgan fingerprint density at radius 3 is 2.62 bits per heavy atom. The fourth-order valence-corrected chi connectivity index (χ4v) is 2.63. The minimum absolute atomic E-state index is 0.720. The third kappa shape index (κ3) is 4.04. The largest absolute Gasteiger partial charge is 0.317 e. The summed E-state index contributed by atoms with van der Waals surface area (Å²) in [6.07, 6.45) is 2.58. The molecule has 0 aliphatic carbocycles. The number of nitrogens with one attached hydrogen (secondary N) is 1. The molecular weight excluding hydrogens is 198 g/mol. The Morgan fingerprint density at radius 1 is 1.44 bits per heavy atom. The van der Waals surface area contributed by atoms with Gasteiger partial charge < -0.3 is 15.1 Å². The van der Waals surface area contributed by atoms with Crippen LogP contribution >= 0.6 is 0 Å². The summed E-state index contributed by atoms with van der Waals surface area (Å²) in [7, 11) is 6.40. The van der Waals surface area contributed by atoms with Crippen molar-refractivity contribution in [3.05, 3.63) is 0 Å². The smallest absolute Gasteiger partial charge is 0.0114 e. The highest BCUT2D eigenvalue weighted by molar-refractivity contribution is 4.84. The molecule has 0 aromatic rings. The third-order valence-electron chi connectivity index (χ3n) is 3.92. The lowest BCUT2D eigenvalue weighted by atomic mass is 9.93. The first kappa shape index (κ1) is 13.9. The molecule has 1 fully saturated rings. The Kier molecular flexibility index (Phi) is 5.73. The van der Waals surface area contributed by atoms with Gasteiger partial charge in [-0.25, -0.2) is 0 Å². The summed E-state index contributed by atoms with van der Waals surface area (Å²) < 4.78 is 0. The molecule has 0 aromatic heterocycles. The van der Waals surface area contributed by atoms with E-state index in [-0.39, 0.29) is 0 Å². The monoisotopic (exact) mass is 227 g/mol. The van der Waals surface area contributed by atoms with Crippen molar-refractivity contribution in [2.24, 2.45) is 5.92 Å². The molecule has 0 bridgehead atoms. The first-order chi connectivity index (χ1) is 7.54. The molecule has 3 atom stereocenters. The zero-order chi connectivity index (χ0) is 12.1. The van der Waals surface area contributed by atoms with Crippen LogP contribution in [-0.2, 0) is 0 Å². The second kappa shape index (κ2) is 6.58. The predicted molar refractivity (Wildman–Crippen MR) is 70.8 cm³/mol. The van der Waals surface area contributed by atoms with Gasteiger partial charge in [-0.15, -0.1) is 0 Å². The van der Waals surface area contributed by atoms with Gasteiger partial charge in [-0.2, -0.15) is 0 Å². The van der Waals surface area contributed by atoms with Crippen molar-refractivity contribution in [3.8, 4) is 0 Å². The van der Waals surface area contributed by atoms with Gasteiger partial charge in [0, 0.05) is 18.6 Å². The first-order valence-corrected chi connectivity index (χ1v) is 6.60. The van der Waals surface area contributed by atoms with Crippen LogP contribution in [0, 0.1) is 5.92 Å². The lowest BCUT2D eigenvalue weighted by Gasteiger charge is -2.40. The number of hydrogen-bond acceptors (Lipinski definition) is 3. The fourth-order valence-electron chi connectivity index (χ4n) is 2.63. The van der Waals surface area contributed by atoms with Gasteiger partial charge >= 0.3 is 0 Å². The van der Waals surface area contributed by atoms with Gasteiger partial charge in [-0.05, 0) is 59.9 Å². The van der Waals surface area contributed by atoms with Crippen molar-refractivity contribution in [1.29, 1.82) is 0 Å². The predicted octanol–water partition coefficient (Wildman–Crippen LogP) is 1.26. The highest BCUT2D eigenvalue weighted by Gasteiger charge is 2.27. The van der Waals surface area contributed by atoms with Crippen LogP contribution in [0.4, 0.5) is 0 Å². The van der Waals surface area contributed by atoms with Gasteiger partial charge in [-0.3, -0.25) is 0 Å². The molecule has 3 nitrogen and oxygen atoms in total. The molecule has 1 aliphatic heterocycles. The van der Waals surface area contributed by atoms with Crippen LogP contribution in [0.15, 0.2) is 0 Å². The molecule has 1 heterocycles. The summed E-state index contributed by atoms with van der Waals surface area (Å²) in [6, 6.07) is 1.44. The average Bonchev–Trinajstić information content (AvgIpc) is 2.25. The van der Waals surface area contributed by atoms with Crippen molar-refractivity contribution in [1.82, 2.24) is 15.1 Å². The van der Waals surface area contributed by atoms with E-state index in [0.717, 1.165) is 18.0 Å². The van der Waals surface area contributed by atoms with Crippen LogP contribution in [0.1, 0.15) is 26.7 Å². The Bertz CT molecular complexity index is 194. The van der Waals surface area contributed by atoms with Gasteiger partial charge in [0.25, 0.3) is 0 Å². The summed E-state index contributed by atoms with van der Waals surface area (Å²) >= 11 is 0. The maximum Gasteiger partial charge on any atom is 0.0114 e. The molecular formula is C13H29N3. The molecule has 0 amide bonds. The SMILES string of the molecule is CNC1CCN(C(C)CCN(C)C)CC1C. The average molecular weight is 227 g/mol. The summed E-state index contributed by atoms with van der Waals surface area (Å²) in [4.78, 5) is 4.93. The molecule has 0 radical (unpaired) electrons. The van der Waals surface area contributed by atoms with Crippen LogP contribution in [-0.4, -0.2) is 62.7 Å². The topological polar surface area (TPSA) is 18.5 Å². The highest BCUT2D eigenvalue weighted by atomic mass is 15.2. The molecule has 0 saturated carbocycles. The minimum Gasteiger partial charge on any atom is -0.317 e. The number of nitrogens with zero attached hydrogens (tertiary/aromatic N) is 2. The summed E-state index contributed by atoms with van der Waals surface area (Å²) in [5, 5.41) is 3.43. The molecule has 96 valence electrons. The summed E-state index contributed by atoms with van der Waals surface area (Å²) in [6.45, 7) is 8.44. The van der Waals surface area contributed by atoms with Crippen LogP contribution in [0.2, 0.25) is 0 Å². The Morgan fingerprint density at radius 2 is 2.12 bits per heavy atom. The van der Waals surface area contributed by atoms with Gasteiger partial charge in [0.1, 0.15) is 0 Å². The normalized spacial score (nSPS) is 29.6. The van der Waals surface area contributed by atoms with E-state index in [4.69, 9.17) is 0 Å². The molecule has 3 unspecified atom stereocenters. The molecule has 0 aromatic carbocycles. The van der Waals surface area contributed by atoms with E-state index in [1.807, 2.05) is 0 Å². The standard InChI is InChI=1S/C13H29N3/c1-11-10-16(9-7-13(11)14-3)12(2)6-8-15(4)5/h11-14H,6-10H2,1-5H3. The number of hydrogen-bond donors (Lipinski definition) is 1. The van der Waals surface area contributed by atoms with E-state index in [0.29, 0.717) is 0 Å². The maximum absolute atomic E-state index is 3.43. The van der Waals surface area contributed by atoms with E-state index in [1.165, 1.54) is 32.5 Å². The van der Waals surface area contributed by atoms with Crippen molar-refractivity contribution in [2.75, 3.05) is 40.8 Å². The van der Waals surface area contributed by atoms with Gasteiger partial charge in [0.15, 0.2) is 0 Å². The summed E-state index contributed by atoms with van der Waals surface area (Å²) in [5.74, 6) is 0.778. The van der Waals surface area contributed by atoms with E-state index in [1.54, 1.807) is 0 Å². The maximum atomic E-state index is 3.43. The van der Waals surface area contributed by atoms with E-state index < -0.39 is 0 Å². The van der Waals surface area contributed by atoms with Gasteiger partial charge in [0.2, 0.25) is 0 Å². The minimum atomic E-state index is 0.720. The molecule has 1 N–H and O–H groups in total. The quantitative estimate of drug-likeness (QED) is 0.763. The van der Waals surface area contributed by atoms with E-state index in [2.05, 4.69) is 50.1 Å². The lowest BCUT2D eigenvalue weighted by Crippen LogP contribution is -2.50. The van der Waals surface area contributed by atoms with E-state index >= 15 is 0 Å². The lowest BCUT2D eigenvalue weighted by molar-refractivity contribution is 0.105. The van der Waals surface area contributed by atoms with Gasteiger partial charge in [0.05, 0.1) is 0 Å². The summed E-state index contributed by atoms with van der Waals surface area (Å²) in [5.41, 5.74) is 0. The fraction of sp³-hybridized carbons (Fsp3) is 1.00. The van der Waals surface area contributed by atoms with Crippen LogP contribution in [0.5, 0.6) is 0 Å². The van der Waals surface area contributed by atoms with Crippen LogP contribution < -0.4 is 5.32 Å². The molecule has 1 rings (SSSR count). The molecule has 0 spiro atoms. The van der Waals surface area contributed by atoms with Gasteiger partial charge in [-0.1, -0.05) is 6.92 Å². The molecule has 16 heavy (non-hydrogen) atoms. The second-order valence-corrected chi connectivity index (χ2v) is 5.60. The van der Waals surface area contributed by atoms with Crippen LogP contribution in [0.3, 0.4) is 0 Å². The third-order valence-corrected chi connectivity index (χ3v) is 3.92. The number of piperidine rings is 1. The van der Waals surface area contributed by atoms with Crippen molar-refractivity contribution >= 4 is 0 Å². The Hall–Kier alpha value is -0.120. The van der Waals surface area contributed by atoms with E-state index in [9.17, 15) is 0 Å². The molecule has 1 saturated heterocycles. The highest BCUT2D eigenvalue weighted by Crippen LogP contribution is 2.19. The van der Waals surface area contributed by atoms with Crippen molar-refractivity contribution < 1.29 is 0 Å². The van der Waals surface area contributed by atoms with Crippen LogP contribution in [0.25, 0.3) is 0 Å². The zero-order valence-electron chi connectivity index (χ0n) is 11.7. The first-order valence-electron chi connectivity index (χ1n) is 6.60. The Labute approximate surface area is 101 Å². The zero-order valence-corrected chi connectivity index (χ0v) is 11.7. The van der Waals surface area contributed by atoms with Crippen molar-refractivity contribution in [2.45, 2.75) is 38.8 Å². The number of likely N-dealkylation sites (tertiary alicyclic amines) is 1. The number of rotatable bonds is 5. The molecule has 3 heteroatoms.